The van der Waals surface area contributed by atoms with E-state index in [4.69, 9.17) is 0 Å². The smallest absolute Gasteiger partial charge is 0.100 e. The number of fused-ring (bicyclic) bond motifs is 13. The lowest BCUT2D eigenvalue weighted by molar-refractivity contribution is 1.37. The van der Waals surface area contributed by atoms with Crippen LogP contribution in [0.15, 0.2) is 158 Å². The van der Waals surface area contributed by atoms with Crippen molar-refractivity contribution in [3.63, 3.8) is 0 Å². The van der Waals surface area contributed by atoms with Gasteiger partial charge in [-0.2, -0.15) is 21.0 Å². The second-order valence-corrected chi connectivity index (χ2v) is 18.3. The maximum Gasteiger partial charge on any atom is 0.100 e. The van der Waals surface area contributed by atoms with Gasteiger partial charge >= 0.3 is 0 Å². The first-order valence-electron chi connectivity index (χ1n) is 22.7. The highest BCUT2D eigenvalue weighted by Crippen LogP contribution is 2.55. The van der Waals surface area contributed by atoms with Gasteiger partial charge in [0.1, 0.15) is 24.3 Å². The summed E-state index contributed by atoms with van der Waals surface area (Å²) in [5.74, 6) is 0. The number of hydrogen-bond acceptors (Lipinski definition) is 4. The Balaban J connectivity index is 1.24. The summed E-state index contributed by atoms with van der Waals surface area (Å²) in [7, 11) is 0. The first-order chi connectivity index (χ1) is 33.4. The molecule has 0 saturated heterocycles. The van der Waals surface area contributed by atoms with Crippen molar-refractivity contribution >= 4 is 75.4 Å². The molecule has 4 heteroatoms. The van der Waals surface area contributed by atoms with Gasteiger partial charge in [-0.05, 0) is 182 Å². The molecule has 0 radical (unpaired) electrons. The monoisotopic (exact) mass is 856 g/mol. The van der Waals surface area contributed by atoms with Crippen molar-refractivity contribution in [3.05, 3.63) is 191 Å². The van der Waals surface area contributed by atoms with Gasteiger partial charge in [0.15, 0.2) is 0 Å². The molecule has 0 saturated carbocycles. The highest BCUT2D eigenvalue weighted by Gasteiger charge is 2.29. The second-order valence-electron chi connectivity index (χ2n) is 18.3. The molecule has 0 amide bonds. The van der Waals surface area contributed by atoms with Crippen LogP contribution in [0.2, 0.25) is 0 Å². The molecule has 0 atom stereocenters. The van der Waals surface area contributed by atoms with E-state index < -0.39 is 0 Å². The molecular weight excluding hydrogens is 825 g/mol. The van der Waals surface area contributed by atoms with Crippen LogP contribution in [0.1, 0.15) is 33.4 Å². The first kappa shape index (κ1) is 37.8. The van der Waals surface area contributed by atoms with Crippen LogP contribution < -0.4 is 0 Å². The van der Waals surface area contributed by atoms with Crippen molar-refractivity contribution in [2.75, 3.05) is 0 Å². The molecule has 308 valence electrons. The minimum Gasteiger partial charge on any atom is -0.192 e. The predicted molar refractivity (Wildman–Crippen MR) is 277 cm³/mol. The Morgan fingerprint density at radius 3 is 0.897 bits per heavy atom. The molecule has 2 aliphatic carbocycles. The fraction of sp³-hybridized carbons (Fsp3) is 0.0312. The third kappa shape index (κ3) is 4.68. The number of benzene rings is 12. The van der Waals surface area contributed by atoms with E-state index in [1.807, 2.05) is 62.4 Å². The summed E-state index contributed by atoms with van der Waals surface area (Å²) in [6, 6.07) is 66.0. The molecule has 0 N–H and O–H groups in total. The Bertz CT molecular complexity index is 4310. The van der Waals surface area contributed by atoms with Gasteiger partial charge in [-0.1, -0.05) is 121 Å². The lowest BCUT2D eigenvalue weighted by Crippen LogP contribution is -1.99. The summed E-state index contributed by atoms with van der Waals surface area (Å²) in [5.41, 5.74) is 15.9. The van der Waals surface area contributed by atoms with Gasteiger partial charge in [-0.15, -0.1) is 0 Å². The zero-order valence-corrected chi connectivity index (χ0v) is 36.8. The van der Waals surface area contributed by atoms with Crippen LogP contribution in [0, 0.1) is 59.2 Å². The van der Waals surface area contributed by atoms with Crippen LogP contribution in [0.4, 0.5) is 0 Å². The van der Waals surface area contributed by atoms with Crippen molar-refractivity contribution in [3.8, 4) is 91.0 Å². The number of rotatable bonds is 2. The Morgan fingerprint density at radius 2 is 0.559 bits per heavy atom. The van der Waals surface area contributed by atoms with Crippen molar-refractivity contribution in [2.45, 2.75) is 13.8 Å². The average Bonchev–Trinajstić information content (AvgIpc) is 3.87. The van der Waals surface area contributed by atoms with E-state index in [1.165, 1.54) is 43.8 Å². The van der Waals surface area contributed by atoms with Crippen LogP contribution in [0.5, 0.6) is 0 Å². The van der Waals surface area contributed by atoms with E-state index in [2.05, 4.69) is 133 Å². The topological polar surface area (TPSA) is 95.2 Å². The Hall–Kier alpha value is -9.58. The number of nitrogens with zero attached hydrogens (tertiary/aromatic N) is 4. The number of nitriles is 4. The summed E-state index contributed by atoms with van der Waals surface area (Å²) in [5, 5.41) is 57.6. The van der Waals surface area contributed by atoms with Crippen LogP contribution in [0.3, 0.4) is 0 Å². The van der Waals surface area contributed by atoms with Crippen LogP contribution in [-0.2, 0) is 0 Å². The molecule has 0 aromatic heterocycles. The van der Waals surface area contributed by atoms with Crippen LogP contribution in [0.25, 0.3) is 142 Å². The maximum absolute atomic E-state index is 11.2. The van der Waals surface area contributed by atoms with Gasteiger partial charge < -0.3 is 0 Å². The SMILES string of the molecule is Cc1c(C#N)c(-c2cc3c4cc5c(cc4c(-c4c(C#N)c(C)c(C#N)c6ccccc46)cc3c3cc4c(cc23)-c2cccc3cccc-4c23)-c2cccc3cccc-5c23)c2ccccc2c1C#N. The van der Waals surface area contributed by atoms with Crippen molar-refractivity contribution in [2.24, 2.45) is 0 Å². The molecule has 0 heterocycles. The van der Waals surface area contributed by atoms with Crippen molar-refractivity contribution in [1.29, 1.82) is 21.0 Å². The third-order valence-corrected chi connectivity index (χ3v) is 15.2. The predicted octanol–water partition coefficient (Wildman–Crippen LogP) is 16.5. The van der Waals surface area contributed by atoms with Gasteiger partial charge in [-0.3, -0.25) is 0 Å². The summed E-state index contributed by atoms with van der Waals surface area (Å²) in [6.45, 7) is 3.79. The first-order valence-corrected chi connectivity index (χ1v) is 22.7. The lowest BCUT2D eigenvalue weighted by atomic mass is 9.80. The summed E-state index contributed by atoms with van der Waals surface area (Å²) < 4.78 is 0. The van der Waals surface area contributed by atoms with E-state index in [0.29, 0.717) is 33.4 Å². The van der Waals surface area contributed by atoms with E-state index in [1.54, 1.807) is 0 Å². The molecule has 0 spiro atoms. The molecule has 14 rings (SSSR count). The molecule has 2 aliphatic rings. The molecular formula is C64H32N4. The standard InChI is InChI=1S/C64H32N4/c1-33-57(29-65)37-15-3-5-17-39(37)63(59(33)31-67)55-27-51-50-24-46-42-20-8-12-36-14-10-22-44(62(36)42)48(46)26-54(50)56(64-40-18-6-4-16-38(40)58(30-66)34(2)60(64)32-68)28-52(51)49-23-45-41-19-7-11-35-13-9-21-43(61(35)41)47(45)25-53(49)55/h3-28H,1-2H3. The van der Waals surface area contributed by atoms with E-state index in [9.17, 15) is 21.0 Å². The normalized spacial score (nSPS) is 11.9. The van der Waals surface area contributed by atoms with Gasteiger partial charge in [0.05, 0.1) is 22.3 Å². The maximum atomic E-state index is 11.2. The Labute approximate surface area is 390 Å². The fourth-order valence-electron chi connectivity index (χ4n) is 12.3. The fourth-order valence-corrected chi connectivity index (χ4v) is 12.3. The lowest BCUT2D eigenvalue weighted by Gasteiger charge is -2.22. The molecule has 0 fully saturated rings. The summed E-state index contributed by atoms with van der Waals surface area (Å²) in [6.07, 6.45) is 0. The zero-order chi connectivity index (χ0) is 45.7. The quantitative estimate of drug-likeness (QED) is 0.162. The minimum absolute atomic E-state index is 0.480. The summed E-state index contributed by atoms with van der Waals surface area (Å²) >= 11 is 0. The van der Waals surface area contributed by atoms with Crippen LogP contribution >= 0.6 is 0 Å². The van der Waals surface area contributed by atoms with Crippen molar-refractivity contribution < 1.29 is 0 Å². The minimum atomic E-state index is 0.480. The van der Waals surface area contributed by atoms with Crippen molar-refractivity contribution in [1.82, 2.24) is 0 Å². The largest absolute Gasteiger partial charge is 0.192 e. The Morgan fingerprint density at radius 1 is 0.265 bits per heavy atom. The average molecular weight is 857 g/mol. The molecule has 4 nitrogen and oxygen atoms in total. The van der Waals surface area contributed by atoms with Gasteiger partial charge in [0.25, 0.3) is 0 Å². The van der Waals surface area contributed by atoms with E-state index in [0.717, 1.165) is 98.4 Å². The second kappa shape index (κ2) is 13.5. The van der Waals surface area contributed by atoms with E-state index >= 15 is 0 Å². The van der Waals surface area contributed by atoms with Gasteiger partial charge in [0, 0.05) is 21.9 Å². The van der Waals surface area contributed by atoms with Gasteiger partial charge in [0.2, 0.25) is 0 Å². The molecule has 0 bridgehead atoms. The van der Waals surface area contributed by atoms with Gasteiger partial charge in [-0.25, -0.2) is 0 Å². The highest BCUT2D eigenvalue weighted by molar-refractivity contribution is 6.30. The summed E-state index contributed by atoms with van der Waals surface area (Å²) in [4.78, 5) is 0. The zero-order valence-electron chi connectivity index (χ0n) is 36.8. The van der Waals surface area contributed by atoms with E-state index in [-0.39, 0.29) is 0 Å². The highest BCUT2D eigenvalue weighted by atomic mass is 14.4. The third-order valence-electron chi connectivity index (χ3n) is 15.2. The molecule has 12 aromatic rings. The Kier molecular flexibility index (Phi) is 7.49. The molecule has 68 heavy (non-hydrogen) atoms. The molecule has 12 aromatic carbocycles. The molecule has 0 unspecified atom stereocenters. The number of hydrogen-bond donors (Lipinski definition) is 0. The van der Waals surface area contributed by atoms with Crippen LogP contribution in [-0.4, -0.2) is 0 Å². The molecule has 0 aliphatic heterocycles.